The van der Waals surface area contributed by atoms with Gasteiger partial charge in [0.05, 0.1) is 22.2 Å². The first-order valence-corrected chi connectivity index (χ1v) is 6.45. The van der Waals surface area contributed by atoms with Crippen molar-refractivity contribution in [3.8, 4) is 0 Å². The molecule has 0 spiro atoms. The quantitative estimate of drug-likeness (QED) is 0.682. The third kappa shape index (κ3) is 2.18. The van der Waals surface area contributed by atoms with E-state index in [1.165, 1.54) is 0 Å². The van der Waals surface area contributed by atoms with Gasteiger partial charge in [0.1, 0.15) is 0 Å². The van der Waals surface area contributed by atoms with Crippen molar-refractivity contribution in [3.05, 3.63) is 34.9 Å². The van der Waals surface area contributed by atoms with E-state index < -0.39 is 29.5 Å². The van der Waals surface area contributed by atoms with Crippen molar-refractivity contribution in [3.63, 3.8) is 0 Å². The summed E-state index contributed by atoms with van der Waals surface area (Å²) in [5.74, 6) is -3.74. The van der Waals surface area contributed by atoms with Gasteiger partial charge in [-0.25, -0.2) is 8.78 Å². The summed E-state index contributed by atoms with van der Waals surface area (Å²) in [5, 5.41) is 0. The van der Waals surface area contributed by atoms with Crippen molar-refractivity contribution >= 4 is 29.0 Å². The lowest BCUT2D eigenvalue weighted by molar-refractivity contribution is 0.0620. The maximum Gasteiger partial charge on any atom is 0.262 e. The molecule has 1 aromatic carbocycles. The number of rotatable bonds is 4. The number of thiocarbonyl (C=S) groups is 1. The standard InChI is InChI=1S/C13H12F2N2O2S/c1-2-3-10(11(16)20)17-12(18)6-4-8(14)9(15)5-7(6)13(17)19/h4-5,10H,2-3H2,1H3,(H2,16,20). The largest absolute Gasteiger partial charge is 0.392 e. The van der Waals surface area contributed by atoms with Crippen molar-refractivity contribution in [1.29, 1.82) is 0 Å². The van der Waals surface area contributed by atoms with Gasteiger partial charge in [-0.3, -0.25) is 14.5 Å². The van der Waals surface area contributed by atoms with Gasteiger partial charge in [0.2, 0.25) is 0 Å². The number of nitrogens with zero attached hydrogens (tertiary/aromatic N) is 1. The van der Waals surface area contributed by atoms with E-state index in [0.29, 0.717) is 12.8 Å². The number of fused-ring (bicyclic) bond motifs is 1. The van der Waals surface area contributed by atoms with Crippen LogP contribution in [-0.4, -0.2) is 27.7 Å². The summed E-state index contributed by atoms with van der Waals surface area (Å²) in [5.41, 5.74) is 5.24. The maximum atomic E-state index is 13.2. The summed E-state index contributed by atoms with van der Waals surface area (Å²) in [4.78, 5) is 25.3. The van der Waals surface area contributed by atoms with Crippen LogP contribution in [0, 0.1) is 11.6 Å². The highest BCUT2D eigenvalue weighted by atomic mass is 32.1. The summed E-state index contributed by atoms with van der Waals surface area (Å²) in [6.07, 6.45) is 1.06. The molecule has 0 bridgehead atoms. The van der Waals surface area contributed by atoms with Crippen LogP contribution >= 0.6 is 12.2 Å². The minimum atomic E-state index is -1.17. The fourth-order valence-corrected chi connectivity index (χ4v) is 2.43. The summed E-state index contributed by atoms with van der Waals surface area (Å²) in [6, 6.07) is 0.717. The third-order valence-corrected chi connectivity index (χ3v) is 3.43. The van der Waals surface area contributed by atoms with E-state index in [-0.39, 0.29) is 16.1 Å². The second kappa shape index (κ2) is 5.24. The number of hydrogen-bond acceptors (Lipinski definition) is 3. The smallest absolute Gasteiger partial charge is 0.262 e. The Morgan fingerprint density at radius 1 is 1.25 bits per heavy atom. The van der Waals surface area contributed by atoms with Crippen molar-refractivity contribution in [2.45, 2.75) is 25.8 Å². The predicted molar refractivity (Wildman–Crippen MR) is 72.3 cm³/mol. The van der Waals surface area contributed by atoms with Crippen molar-refractivity contribution in [2.75, 3.05) is 0 Å². The molecular formula is C13H12F2N2O2S. The van der Waals surface area contributed by atoms with Gasteiger partial charge in [0.15, 0.2) is 11.6 Å². The zero-order valence-electron chi connectivity index (χ0n) is 10.7. The number of halogens is 2. The number of carbonyl (C=O) groups is 2. The lowest BCUT2D eigenvalue weighted by Crippen LogP contribution is -2.46. The summed E-state index contributed by atoms with van der Waals surface area (Å²) in [6.45, 7) is 1.85. The molecule has 0 saturated heterocycles. The molecule has 1 aromatic rings. The molecule has 2 rings (SSSR count). The van der Waals surface area contributed by atoms with Crippen LogP contribution in [0.2, 0.25) is 0 Å². The van der Waals surface area contributed by atoms with Gasteiger partial charge in [0, 0.05) is 0 Å². The number of hydrogen-bond donors (Lipinski definition) is 1. The van der Waals surface area contributed by atoms with Gasteiger partial charge in [-0.05, 0) is 18.6 Å². The van der Waals surface area contributed by atoms with Gasteiger partial charge < -0.3 is 5.73 Å². The molecule has 4 nitrogen and oxygen atoms in total. The van der Waals surface area contributed by atoms with E-state index in [4.69, 9.17) is 18.0 Å². The van der Waals surface area contributed by atoms with Crippen molar-refractivity contribution in [2.24, 2.45) is 5.73 Å². The fourth-order valence-electron chi connectivity index (χ4n) is 2.21. The van der Waals surface area contributed by atoms with Crippen LogP contribution in [0.1, 0.15) is 40.5 Å². The van der Waals surface area contributed by atoms with Crippen LogP contribution in [0.25, 0.3) is 0 Å². The monoisotopic (exact) mass is 298 g/mol. The number of nitrogens with two attached hydrogens (primary N) is 1. The molecule has 2 N–H and O–H groups in total. The van der Waals surface area contributed by atoms with Crippen LogP contribution in [0.5, 0.6) is 0 Å². The van der Waals surface area contributed by atoms with E-state index in [2.05, 4.69) is 0 Å². The molecule has 20 heavy (non-hydrogen) atoms. The Labute approximate surface area is 119 Å². The molecule has 1 atom stereocenters. The molecule has 2 amide bonds. The number of amides is 2. The molecule has 0 aromatic heterocycles. The van der Waals surface area contributed by atoms with Gasteiger partial charge in [-0.2, -0.15) is 0 Å². The van der Waals surface area contributed by atoms with Crippen LogP contribution < -0.4 is 5.73 Å². The summed E-state index contributed by atoms with van der Waals surface area (Å²) >= 11 is 4.87. The zero-order valence-corrected chi connectivity index (χ0v) is 11.5. The topological polar surface area (TPSA) is 63.4 Å². The Morgan fingerprint density at radius 3 is 2.05 bits per heavy atom. The highest BCUT2D eigenvalue weighted by Gasteiger charge is 2.41. The summed E-state index contributed by atoms with van der Waals surface area (Å²) in [7, 11) is 0. The fraction of sp³-hybridized carbons (Fsp3) is 0.308. The average molecular weight is 298 g/mol. The molecule has 0 aliphatic carbocycles. The first kappa shape index (κ1) is 14.5. The van der Waals surface area contributed by atoms with Gasteiger partial charge in [0.25, 0.3) is 11.8 Å². The van der Waals surface area contributed by atoms with Crippen LogP contribution in [0.3, 0.4) is 0 Å². The van der Waals surface area contributed by atoms with E-state index in [9.17, 15) is 18.4 Å². The molecule has 1 unspecified atom stereocenters. The Morgan fingerprint density at radius 2 is 1.70 bits per heavy atom. The molecule has 1 aliphatic rings. The van der Waals surface area contributed by atoms with Crippen molar-refractivity contribution < 1.29 is 18.4 Å². The Bertz CT molecular complexity index is 578. The Hall–Kier alpha value is -1.89. The minimum Gasteiger partial charge on any atom is -0.392 e. The molecule has 0 saturated carbocycles. The Balaban J connectivity index is 2.48. The number of benzene rings is 1. The highest BCUT2D eigenvalue weighted by Crippen LogP contribution is 2.28. The van der Waals surface area contributed by atoms with E-state index in [0.717, 1.165) is 17.0 Å². The van der Waals surface area contributed by atoms with Gasteiger partial charge in [-0.1, -0.05) is 25.6 Å². The predicted octanol–water partition coefficient (Wildman–Crippen LogP) is 2.02. The minimum absolute atomic E-state index is 0.00213. The molecule has 7 heteroatoms. The van der Waals surface area contributed by atoms with Gasteiger partial charge in [-0.15, -0.1) is 0 Å². The normalized spacial score (nSPS) is 15.4. The lowest BCUT2D eigenvalue weighted by atomic mass is 10.1. The maximum absolute atomic E-state index is 13.2. The number of imide groups is 1. The molecule has 1 heterocycles. The SMILES string of the molecule is CCCC(C(N)=S)N1C(=O)c2cc(F)c(F)cc2C1=O. The van der Waals surface area contributed by atoms with E-state index >= 15 is 0 Å². The van der Waals surface area contributed by atoms with Gasteiger partial charge >= 0.3 is 0 Å². The first-order chi connectivity index (χ1) is 9.38. The number of carbonyl (C=O) groups excluding carboxylic acids is 2. The van der Waals surface area contributed by atoms with Crippen LogP contribution in [-0.2, 0) is 0 Å². The second-order valence-corrected chi connectivity index (χ2v) is 4.97. The zero-order chi connectivity index (χ0) is 15.0. The molecule has 1 aliphatic heterocycles. The summed E-state index contributed by atoms with van der Waals surface area (Å²) < 4.78 is 26.4. The highest BCUT2D eigenvalue weighted by molar-refractivity contribution is 7.80. The van der Waals surface area contributed by atoms with Crippen molar-refractivity contribution in [1.82, 2.24) is 4.90 Å². The lowest BCUT2D eigenvalue weighted by Gasteiger charge is -2.24. The van der Waals surface area contributed by atoms with Crippen LogP contribution in [0.15, 0.2) is 12.1 Å². The molecule has 106 valence electrons. The molecule has 0 fully saturated rings. The molecular weight excluding hydrogens is 286 g/mol. The second-order valence-electron chi connectivity index (χ2n) is 4.50. The van der Waals surface area contributed by atoms with E-state index in [1.807, 2.05) is 6.92 Å². The third-order valence-electron chi connectivity index (χ3n) is 3.16. The average Bonchev–Trinajstić information content (AvgIpc) is 2.60. The first-order valence-electron chi connectivity index (χ1n) is 6.04. The van der Waals surface area contributed by atoms with E-state index in [1.54, 1.807) is 0 Å². The van der Waals surface area contributed by atoms with Crippen LogP contribution in [0.4, 0.5) is 8.78 Å². The Kier molecular flexibility index (Phi) is 3.80. The molecule has 0 radical (unpaired) electrons.